The molecule has 0 N–H and O–H groups in total. The zero-order valence-corrected chi connectivity index (χ0v) is 11.9. The van der Waals surface area contributed by atoms with Crippen LogP contribution in [0.15, 0.2) is 40.9 Å². The van der Waals surface area contributed by atoms with Gasteiger partial charge in [0.25, 0.3) is 0 Å². The fourth-order valence-electron chi connectivity index (χ4n) is 1.66. The van der Waals surface area contributed by atoms with Crippen molar-refractivity contribution < 1.29 is 13.6 Å². The van der Waals surface area contributed by atoms with Crippen molar-refractivity contribution in [3.63, 3.8) is 0 Å². The summed E-state index contributed by atoms with van der Waals surface area (Å²) in [6.45, 7) is 0. The van der Waals surface area contributed by atoms with Crippen LogP contribution in [0.2, 0.25) is 5.02 Å². The van der Waals surface area contributed by atoms with E-state index in [4.69, 9.17) is 11.6 Å². The molecular formula is C14H8BrClF2O. The van der Waals surface area contributed by atoms with Gasteiger partial charge in [0, 0.05) is 16.5 Å². The van der Waals surface area contributed by atoms with Gasteiger partial charge in [-0.2, -0.15) is 0 Å². The van der Waals surface area contributed by atoms with Crippen LogP contribution in [0.5, 0.6) is 0 Å². The average molecular weight is 346 g/mol. The molecule has 2 aromatic rings. The molecule has 0 amide bonds. The lowest BCUT2D eigenvalue weighted by Crippen LogP contribution is -2.06. The Kier molecular flexibility index (Phi) is 4.32. The van der Waals surface area contributed by atoms with Crippen molar-refractivity contribution in [2.45, 2.75) is 6.42 Å². The lowest BCUT2D eigenvalue weighted by atomic mass is 10.0. The van der Waals surface area contributed by atoms with E-state index in [2.05, 4.69) is 15.9 Å². The van der Waals surface area contributed by atoms with Gasteiger partial charge in [0.2, 0.25) is 0 Å². The summed E-state index contributed by atoms with van der Waals surface area (Å²) in [4.78, 5) is 12.0. The minimum Gasteiger partial charge on any atom is -0.294 e. The molecule has 0 saturated carbocycles. The molecule has 0 heterocycles. The first-order chi connectivity index (χ1) is 8.99. The standard InChI is InChI=1S/C14H8BrClF2O/c15-11-5-4-9(17)7-10(11)13(19)6-8-2-1-3-12(16)14(8)18/h1-5,7H,6H2. The normalized spacial score (nSPS) is 10.5. The average Bonchev–Trinajstić information content (AvgIpc) is 2.38. The van der Waals surface area contributed by atoms with E-state index in [0.29, 0.717) is 4.47 Å². The first-order valence-electron chi connectivity index (χ1n) is 5.40. The Morgan fingerprint density at radius 3 is 2.68 bits per heavy atom. The summed E-state index contributed by atoms with van der Waals surface area (Å²) < 4.78 is 27.3. The smallest absolute Gasteiger partial charge is 0.168 e. The predicted octanol–water partition coefficient (Wildman–Crippen LogP) is 4.81. The third kappa shape index (κ3) is 3.19. The molecule has 1 nitrogen and oxygen atoms in total. The van der Waals surface area contributed by atoms with Crippen LogP contribution in [-0.4, -0.2) is 5.78 Å². The number of halogens is 4. The van der Waals surface area contributed by atoms with Crippen molar-refractivity contribution in [1.82, 2.24) is 0 Å². The van der Waals surface area contributed by atoms with Crippen molar-refractivity contribution >= 4 is 33.3 Å². The largest absolute Gasteiger partial charge is 0.294 e. The van der Waals surface area contributed by atoms with Gasteiger partial charge in [0.05, 0.1) is 5.02 Å². The van der Waals surface area contributed by atoms with E-state index in [1.807, 2.05) is 0 Å². The molecule has 0 saturated heterocycles. The van der Waals surface area contributed by atoms with Gasteiger partial charge in [-0.05, 0) is 29.8 Å². The second-order valence-corrected chi connectivity index (χ2v) is 5.20. The third-order valence-corrected chi connectivity index (χ3v) is 3.59. The Morgan fingerprint density at radius 2 is 1.95 bits per heavy atom. The molecule has 0 aliphatic rings. The summed E-state index contributed by atoms with van der Waals surface area (Å²) in [6.07, 6.45) is -0.172. The van der Waals surface area contributed by atoms with Crippen molar-refractivity contribution in [2.75, 3.05) is 0 Å². The first-order valence-corrected chi connectivity index (χ1v) is 6.57. The summed E-state index contributed by atoms with van der Waals surface area (Å²) in [7, 11) is 0. The molecule has 0 aliphatic heterocycles. The van der Waals surface area contributed by atoms with E-state index >= 15 is 0 Å². The number of rotatable bonds is 3. The number of benzene rings is 2. The molecule has 0 aliphatic carbocycles. The highest BCUT2D eigenvalue weighted by Crippen LogP contribution is 2.23. The van der Waals surface area contributed by atoms with Crippen molar-refractivity contribution in [3.8, 4) is 0 Å². The van der Waals surface area contributed by atoms with Crippen LogP contribution in [0.3, 0.4) is 0 Å². The number of carbonyl (C=O) groups is 1. The van der Waals surface area contributed by atoms with E-state index in [1.165, 1.54) is 24.3 Å². The van der Waals surface area contributed by atoms with E-state index in [-0.39, 0.29) is 28.4 Å². The van der Waals surface area contributed by atoms with Gasteiger partial charge in [-0.1, -0.05) is 39.7 Å². The molecule has 98 valence electrons. The maximum absolute atomic E-state index is 13.7. The topological polar surface area (TPSA) is 17.1 Å². The Bertz CT molecular complexity index is 643. The highest BCUT2D eigenvalue weighted by molar-refractivity contribution is 9.10. The maximum atomic E-state index is 13.7. The number of hydrogen-bond acceptors (Lipinski definition) is 1. The van der Waals surface area contributed by atoms with Crippen LogP contribution in [0.25, 0.3) is 0 Å². The minimum absolute atomic E-state index is 0.0383. The van der Waals surface area contributed by atoms with Crippen LogP contribution in [0, 0.1) is 11.6 Å². The fraction of sp³-hybridized carbons (Fsp3) is 0.0714. The molecule has 5 heteroatoms. The first kappa shape index (κ1) is 14.2. The lowest BCUT2D eigenvalue weighted by molar-refractivity contribution is 0.0990. The zero-order valence-electron chi connectivity index (χ0n) is 9.59. The molecule has 0 aromatic heterocycles. The number of ketones is 1. The Labute approximate surface area is 122 Å². The van der Waals surface area contributed by atoms with Gasteiger partial charge in [-0.3, -0.25) is 4.79 Å². The highest BCUT2D eigenvalue weighted by Gasteiger charge is 2.15. The summed E-state index contributed by atoms with van der Waals surface area (Å²) >= 11 is 8.81. The molecule has 19 heavy (non-hydrogen) atoms. The highest BCUT2D eigenvalue weighted by atomic mass is 79.9. The monoisotopic (exact) mass is 344 g/mol. The number of carbonyl (C=O) groups excluding carboxylic acids is 1. The maximum Gasteiger partial charge on any atom is 0.168 e. The summed E-state index contributed by atoms with van der Waals surface area (Å²) in [5.41, 5.74) is 0.369. The minimum atomic E-state index is -0.620. The molecule has 0 radical (unpaired) electrons. The molecule has 0 bridgehead atoms. The SMILES string of the molecule is O=C(Cc1cccc(Cl)c1F)c1cc(F)ccc1Br. The molecule has 2 rings (SSSR count). The Morgan fingerprint density at radius 1 is 1.21 bits per heavy atom. The molecule has 0 spiro atoms. The van der Waals surface area contributed by atoms with Crippen LogP contribution < -0.4 is 0 Å². The van der Waals surface area contributed by atoms with E-state index in [1.54, 1.807) is 6.07 Å². The van der Waals surface area contributed by atoms with Gasteiger partial charge >= 0.3 is 0 Å². The van der Waals surface area contributed by atoms with Crippen molar-refractivity contribution in [3.05, 3.63) is 68.7 Å². The predicted molar refractivity (Wildman–Crippen MR) is 73.5 cm³/mol. The number of hydrogen-bond donors (Lipinski definition) is 0. The number of Topliss-reactive ketones (excluding diaryl/α,β-unsaturated/α-hetero) is 1. The second kappa shape index (κ2) is 5.80. The Hall–Kier alpha value is -1.26. The molecular weight excluding hydrogens is 338 g/mol. The van der Waals surface area contributed by atoms with Gasteiger partial charge in [0.1, 0.15) is 11.6 Å². The summed E-state index contributed by atoms with van der Waals surface area (Å²) in [6, 6.07) is 8.25. The van der Waals surface area contributed by atoms with Gasteiger partial charge < -0.3 is 0 Å². The molecule has 0 atom stereocenters. The van der Waals surface area contributed by atoms with Gasteiger partial charge in [-0.15, -0.1) is 0 Å². The van der Waals surface area contributed by atoms with Gasteiger partial charge in [-0.25, -0.2) is 8.78 Å². The van der Waals surface area contributed by atoms with Crippen LogP contribution >= 0.6 is 27.5 Å². The quantitative estimate of drug-likeness (QED) is 0.730. The third-order valence-electron chi connectivity index (χ3n) is 2.61. The van der Waals surface area contributed by atoms with E-state index < -0.39 is 11.6 Å². The molecule has 0 unspecified atom stereocenters. The van der Waals surface area contributed by atoms with Crippen LogP contribution in [-0.2, 0) is 6.42 Å². The van der Waals surface area contributed by atoms with E-state index in [0.717, 1.165) is 6.07 Å². The Balaban J connectivity index is 2.31. The van der Waals surface area contributed by atoms with Crippen LogP contribution in [0.1, 0.15) is 15.9 Å². The van der Waals surface area contributed by atoms with Gasteiger partial charge in [0.15, 0.2) is 5.78 Å². The lowest BCUT2D eigenvalue weighted by Gasteiger charge is -2.06. The molecule has 0 fully saturated rings. The zero-order chi connectivity index (χ0) is 14.0. The van der Waals surface area contributed by atoms with Crippen molar-refractivity contribution in [1.29, 1.82) is 0 Å². The molecule has 2 aromatic carbocycles. The second-order valence-electron chi connectivity index (χ2n) is 3.94. The fourth-order valence-corrected chi connectivity index (χ4v) is 2.33. The summed E-state index contributed by atoms with van der Waals surface area (Å²) in [5.74, 6) is -1.52. The van der Waals surface area contributed by atoms with E-state index in [9.17, 15) is 13.6 Å². The van der Waals surface area contributed by atoms with Crippen molar-refractivity contribution in [2.24, 2.45) is 0 Å². The van der Waals surface area contributed by atoms with Crippen LogP contribution in [0.4, 0.5) is 8.78 Å². The summed E-state index contributed by atoms with van der Waals surface area (Å²) in [5, 5.41) is -0.0383.